The molecule has 0 aromatic heterocycles. The highest BCUT2D eigenvalue weighted by atomic mass is 16.5. The molecule has 0 aliphatic carbocycles. The molecule has 0 aliphatic heterocycles. The van der Waals surface area contributed by atoms with Crippen molar-refractivity contribution in [3.8, 4) is 5.75 Å². The summed E-state index contributed by atoms with van der Waals surface area (Å²) in [7, 11) is 6.55. The molecule has 0 amide bonds. The molecule has 0 saturated heterocycles. The molecule has 0 heterocycles. The average molecular weight is 225 g/mol. The number of methoxy groups -OCH3 is 2. The summed E-state index contributed by atoms with van der Waals surface area (Å²) in [6, 6.07) is 5.05. The SMILES string of the molecule is [CH2-][NH2+]c1cc(C(OC)C(=O)O)ccc1OC. The standard InChI is InChI=1S/C11H15NO4/c1-12-8-6-7(4-5-9(8)15-2)10(16-3)11(13)14/h4-6,10H,1,12H2,2-3H3,(H,13,14). The summed E-state index contributed by atoms with van der Waals surface area (Å²) in [5, 5.41) is 10.5. The molecule has 0 bridgehead atoms. The maximum absolute atomic E-state index is 10.9. The van der Waals surface area contributed by atoms with Gasteiger partial charge in [-0.2, -0.15) is 0 Å². The first-order valence-electron chi connectivity index (χ1n) is 4.70. The zero-order valence-electron chi connectivity index (χ0n) is 9.27. The molecule has 0 spiro atoms. The van der Waals surface area contributed by atoms with E-state index in [2.05, 4.69) is 7.05 Å². The van der Waals surface area contributed by atoms with Gasteiger partial charge >= 0.3 is 5.97 Å². The van der Waals surface area contributed by atoms with Gasteiger partial charge in [-0.1, -0.05) is 6.07 Å². The number of carboxylic acid groups (broad SMARTS) is 1. The van der Waals surface area contributed by atoms with Crippen molar-refractivity contribution < 1.29 is 24.7 Å². The van der Waals surface area contributed by atoms with E-state index in [0.29, 0.717) is 11.3 Å². The molecule has 1 atom stereocenters. The number of nitrogens with two attached hydrogens (primary N) is 1. The summed E-state index contributed by atoms with van der Waals surface area (Å²) in [5.74, 6) is -0.373. The molecule has 5 heteroatoms. The first-order valence-corrected chi connectivity index (χ1v) is 4.70. The number of carbonyl (C=O) groups is 1. The highest BCUT2D eigenvalue weighted by Crippen LogP contribution is 2.26. The quantitative estimate of drug-likeness (QED) is 0.564. The summed E-state index contributed by atoms with van der Waals surface area (Å²) in [4.78, 5) is 10.9. The summed E-state index contributed by atoms with van der Waals surface area (Å²) in [6.07, 6.45) is -0.968. The number of hydrogen-bond acceptors (Lipinski definition) is 3. The fraction of sp³-hybridized carbons (Fsp3) is 0.273. The number of quaternary nitrogens is 1. The van der Waals surface area contributed by atoms with Crippen LogP contribution in [0.4, 0.5) is 5.69 Å². The van der Waals surface area contributed by atoms with Gasteiger partial charge < -0.3 is 19.9 Å². The zero-order valence-corrected chi connectivity index (χ0v) is 9.27. The summed E-state index contributed by atoms with van der Waals surface area (Å²) < 4.78 is 10.0. The Morgan fingerprint density at radius 2 is 2.19 bits per heavy atom. The molecular weight excluding hydrogens is 210 g/mol. The maximum atomic E-state index is 10.9. The number of aliphatic carboxylic acids is 1. The highest BCUT2D eigenvalue weighted by molar-refractivity contribution is 5.75. The minimum Gasteiger partial charge on any atom is -0.491 e. The lowest BCUT2D eigenvalue weighted by molar-refractivity contribution is -0.505. The third-order valence-electron chi connectivity index (χ3n) is 2.24. The van der Waals surface area contributed by atoms with Crippen LogP contribution >= 0.6 is 0 Å². The number of benzene rings is 1. The first kappa shape index (κ1) is 12.5. The lowest BCUT2D eigenvalue weighted by Crippen LogP contribution is -2.69. The van der Waals surface area contributed by atoms with E-state index in [-0.39, 0.29) is 0 Å². The number of ether oxygens (including phenoxy) is 2. The average Bonchev–Trinajstić information content (AvgIpc) is 2.29. The van der Waals surface area contributed by atoms with E-state index in [9.17, 15) is 4.79 Å². The van der Waals surface area contributed by atoms with Crippen LogP contribution < -0.4 is 10.1 Å². The first-order chi connectivity index (χ1) is 7.63. The predicted octanol–water partition coefficient (Wildman–Crippen LogP) is 0.454. The molecule has 1 unspecified atom stereocenters. The van der Waals surface area contributed by atoms with E-state index in [1.807, 2.05) is 0 Å². The van der Waals surface area contributed by atoms with E-state index in [0.717, 1.165) is 5.69 Å². The van der Waals surface area contributed by atoms with Crippen LogP contribution in [0.2, 0.25) is 0 Å². The Bertz CT molecular complexity index is 378. The van der Waals surface area contributed by atoms with Gasteiger partial charge in [-0.15, -0.1) is 7.05 Å². The van der Waals surface area contributed by atoms with Gasteiger partial charge in [-0.25, -0.2) is 4.79 Å². The molecule has 1 aromatic carbocycles. The summed E-state index contributed by atoms with van der Waals surface area (Å²) in [6.45, 7) is 0. The van der Waals surface area contributed by atoms with Crippen LogP contribution in [0.5, 0.6) is 5.75 Å². The van der Waals surface area contributed by atoms with Crippen LogP contribution in [0, 0.1) is 7.05 Å². The topological polar surface area (TPSA) is 72.4 Å². The number of hydrogen-bond donors (Lipinski definition) is 2. The summed E-state index contributed by atoms with van der Waals surface area (Å²) >= 11 is 0. The van der Waals surface area contributed by atoms with Crippen molar-refractivity contribution in [2.75, 3.05) is 14.2 Å². The second-order valence-corrected chi connectivity index (χ2v) is 3.16. The molecule has 0 saturated carbocycles. The minimum atomic E-state index is -1.03. The van der Waals surface area contributed by atoms with Gasteiger partial charge in [-0.05, 0) is 11.6 Å². The Labute approximate surface area is 94.0 Å². The molecule has 5 nitrogen and oxygen atoms in total. The van der Waals surface area contributed by atoms with Crippen molar-refractivity contribution >= 4 is 11.7 Å². The Balaban J connectivity index is 3.11. The molecule has 3 N–H and O–H groups in total. The summed E-state index contributed by atoms with van der Waals surface area (Å²) in [5.41, 5.74) is 1.30. The van der Waals surface area contributed by atoms with Crippen LogP contribution in [0.15, 0.2) is 18.2 Å². The van der Waals surface area contributed by atoms with Crippen LogP contribution in [0.3, 0.4) is 0 Å². The van der Waals surface area contributed by atoms with Gasteiger partial charge in [-0.3, -0.25) is 0 Å². The lowest BCUT2D eigenvalue weighted by Gasteiger charge is -2.13. The Hall–Kier alpha value is -1.59. The van der Waals surface area contributed by atoms with E-state index >= 15 is 0 Å². The third-order valence-corrected chi connectivity index (χ3v) is 2.24. The van der Waals surface area contributed by atoms with Gasteiger partial charge in [0.25, 0.3) is 0 Å². The molecule has 1 rings (SSSR count). The molecule has 16 heavy (non-hydrogen) atoms. The molecule has 1 aromatic rings. The largest absolute Gasteiger partial charge is 0.491 e. The molecule has 88 valence electrons. The van der Waals surface area contributed by atoms with Crippen molar-refractivity contribution in [2.45, 2.75) is 6.10 Å². The predicted molar refractivity (Wildman–Crippen MR) is 57.3 cm³/mol. The van der Waals surface area contributed by atoms with E-state index in [1.54, 1.807) is 30.6 Å². The van der Waals surface area contributed by atoms with Crippen molar-refractivity contribution in [3.05, 3.63) is 30.8 Å². The van der Waals surface area contributed by atoms with Gasteiger partial charge in [0.2, 0.25) is 0 Å². The van der Waals surface area contributed by atoms with Crippen LogP contribution in [0.1, 0.15) is 11.7 Å². The van der Waals surface area contributed by atoms with Crippen molar-refractivity contribution in [2.24, 2.45) is 0 Å². The Kier molecular flexibility index (Phi) is 4.28. The number of carboxylic acids is 1. The molecule has 0 radical (unpaired) electrons. The fourth-order valence-electron chi connectivity index (χ4n) is 1.45. The Morgan fingerprint density at radius 3 is 2.62 bits per heavy atom. The molecular formula is C11H15NO4. The Morgan fingerprint density at radius 1 is 1.50 bits per heavy atom. The lowest BCUT2D eigenvalue weighted by atomic mass is 10.1. The second kappa shape index (κ2) is 5.48. The minimum absolute atomic E-state index is 0.561. The van der Waals surface area contributed by atoms with Gasteiger partial charge in [0, 0.05) is 13.2 Å². The normalized spacial score (nSPS) is 12.2. The van der Waals surface area contributed by atoms with Gasteiger partial charge in [0.05, 0.1) is 7.11 Å². The molecule has 0 fully saturated rings. The van der Waals surface area contributed by atoms with E-state index < -0.39 is 12.1 Å². The van der Waals surface area contributed by atoms with Crippen LogP contribution in [0.25, 0.3) is 0 Å². The van der Waals surface area contributed by atoms with Crippen molar-refractivity contribution in [3.63, 3.8) is 0 Å². The zero-order chi connectivity index (χ0) is 12.1. The maximum Gasteiger partial charge on any atom is 0.337 e. The van der Waals surface area contributed by atoms with Crippen molar-refractivity contribution in [1.29, 1.82) is 0 Å². The van der Waals surface area contributed by atoms with Crippen LogP contribution in [-0.2, 0) is 9.53 Å². The number of rotatable bonds is 5. The smallest absolute Gasteiger partial charge is 0.337 e. The van der Waals surface area contributed by atoms with E-state index in [4.69, 9.17) is 14.6 Å². The monoisotopic (exact) mass is 225 g/mol. The van der Waals surface area contributed by atoms with Crippen molar-refractivity contribution in [1.82, 2.24) is 0 Å². The fourth-order valence-corrected chi connectivity index (χ4v) is 1.45. The van der Waals surface area contributed by atoms with E-state index in [1.165, 1.54) is 7.11 Å². The van der Waals surface area contributed by atoms with Crippen LogP contribution in [-0.4, -0.2) is 25.3 Å². The highest BCUT2D eigenvalue weighted by Gasteiger charge is 2.20. The second-order valence-electron chi connectivity index (χ2n) is 3.16. The van der Waals surface area contributed by atoms with Gasteiger partial charge in [0.15, 0.2) is 11.9 Å². The van der Waals surface area contributed by atoms with Gasteiger partial charge in [0.1, 0.15) is 5.69 Å². The third kappa shape index (κ3) is 2.50. The molecule has 0 aliphatic rings.